The number of ether oxygens (including phenoxy) is 1. The van der Waals surface area contributed by atoms with Crippen molar-refractivity contribution in [1.29, 1.82) is 0 Å². The average Bonchev–Trinajstić information content (AvgIpc) is 3.39. The molecule has 0 radical (unpaired) electrons. The Balaban J connectivity index is 1.24. The van der Waals surface area contributed by atoms with Crippen molar-refractivity contribution in [3.05, 3.63) is 70.4 Å². The van der Waals surface area contributed by atoms with Crippen molar-refractivity contribution < 1.29 is 19.1 Å². The summed E-state index contributed by atoms with van der Waals surface area (Å²) in [7, 11) is 0. The molecule has 186 valence electrons. The van der Waals surface area contributed by atoms with E-state index >= 15 is 0 Å². The van der Waals surface area contributed by atoms with Gasteiger partial charge in [0.15, 0.2) is 0 Å². The molecule has 0 aliphatic carbocycles. The molecule has 0 saturated carbocycles. The van der Waals surface area contributed by atoms with E-state index in [2.05, 4.69) is 0 Å². The quantitative estimate of drug-likeness (QED) is 0.487. The van der Waals surface area contributed by atoms with Crippen LogP contribution in [0.4, 0.5) is 0 Å². The first kappa shape index (κ1) is 23.1. The SMILES string of the molecule is O=C1OC2(CCN(C(=O)c3cn(CC(=O)N4CCCCC4)c4cc(Cl)ccc34)CC2)c2ccccc21. The number of likely N-dealkylation sites (tertiary alicyclic amines) is 2. The minimum atomic E-state index is -0.660. The summed E-state index contributed by atoms with van der Waals surface area (Å²) in [5.74, 6) is -0.310. The van der Waals surface area contributed by atoms with E-state index in [9.17, 15) is 14.4 Å². The zero-order valence-electron chi connectivity index (χ0n) is 20.0. The Bertz CT molecular complexity index is 1370. The first-order valence-electron chi connectivity index (χ1n) is 12.6. The molecule has 2 aromatic carbocycles. The van der Waals surface area contributed by atoms with Gasteiger partial charge in [0.2, 0.25) is 5.91 Å². The highest BCUT2D eigenvalue weighted by molar-refractivity contribution is 6.31. The van der Waals surface area contributed by atoms with Crippen LogP contribution >= 0.6 is 11.6 Å². The maximum absolute atomic E-state index is 13.7. The summed E-state index contributed by atoms with van der Waals surface area (Å²) >= 11 is 6.29. The second kappa shape index (κ2) is 8.96. The summed E-state index contributed by atoms with van der Waals surface area (Å²) < 4.78 is 7.70. The van der Waals surface area contributed by atoms with Crippen molar-refractivity contribution in [2.45, 2.75) is 44.2 Å². The number of aromatic nitrogens is 1. The van der Waals surface area contributed by atoms with Crippen LogP contribution in [0.5, 0.6) is 0 Å². The molecule has 2 amide bonds. The van der Waals surface area contributed by atoms with Gasteiger partial charge in [-0.05, 0) is 37.5 Å². The molecular formula is C28H28ClN3O4. The van der Waals surface area contributed by atoms with Gasteiger partial charge in [-0.3, -0.25) is 9.59 Å². The molecule has 6 rings (SSSR count). The number of carbonyl (C=O) groups is 3. The van der Waals surface area contributed by atoms with Crippen molar-refractivity contribution in [2.24, 2.45) is 0 Å². The van der Waals surface area contributed by atoms with Crippen molar-refractivity contribution in [2.75, 3.05) is 26.2 Å². The number of piperidine rings is 2. The fourth-order valence-corrected chi connectivity index (χ4v) is 6.08. The van der Waals surface area contributed by atoms with Crippen LogP contribution in [-0.4, -0.2) is 58.3 Å². The van der Waals surface area contributed by atoms with Gasteiger partial charge in [-0.15, -0.1) is 0 Å². The summed E-state index contributed by atoms with van der Waals surface area (Å²) in [5.41, 5.74) is 2.23. The van der Waals surface area contributed by atoms with Crippen molar-refractivity contribution >= 4 is 40.3 Å². The lowest BCUT2D eigenvalue weighted by atomic mass is 9.83. The largest absolute Gasteiger partial charge is 0.450 e. The van der Waals surface area contributed by atoms with Crippen LogP contribution in [0.2, 0.25) is 5.02 Å². The Kier molecular flexibility index (Phi) is 5.75. The van der Waals surface area contributed by atoms with E-state index in [4.69, 9.17) is 16.3 Å². The Labute approximate surface area is 214 Å². The Morgan fingerprint density at radius 1 is 0.944 bits per heavy atom. The van der Waals surface area contributed by atoms with Gasteiger partial charge in [0, 0.05) is 61.2 Å². The van der Waals surface area contributed by atoms with Crippen molar-refractivity contribution in [1.82, 2.24) is 14.4 Å². The molecule has 0 unspecified atom stereocenters. The number of hydrogen-bond donors (Lipinski definition) is 0. The van der Waals surface area contributed by atoms with E-state index in [1.807, 2.05) is 44.7 Å². The van der Waals surface area contributed by atoms with E-state index in [1.165, 1.54) is 0 Å². The molecular weight excluding hydrogens is 478 g/mol. The number of hydrogen-bond acceptors (Lipinski definition) is 4. The van der Waals surface area contributed by atoms with Crippen molar-refractivity contribution in [3.8, 4) is 0 Å². The minimum absolute atomic E-state index is 0.0622. The molecule has 3 aromatic rings. The Morgan fingerprint density at radius 2 is 1.69 bits per heavy atom. The molecule has 3 aliphatic heterocycles. The predicted octanol–water partition coefficient (Wildman–Crippen LogP) is 4.61. The smallest absolute Gasteiger partial charge is 0.339 e. The molecule has 2 saturated heterocycles. The fraction of sp³-hybridized carbons (Fsp3) is 0.393. The molecule has 0 N–H and O–H groups in total. The van der Waals surface area contributed by atoms with Gasteiger partial charge in [-0.1, -0.05) is 35.9 Å². The lowest BCUT2D eigenvalue weighted by Gasteiger charge is -2.38. The summed E-state index contributed by atoms with van der Waals surface area (Å²) in [6.07, 6.45) is 6.12. The topological polar surface area (TPSA) is 71.8 Å². The molecule has 0 atom stereocenters. The second-order valence-electron chi connectivity index (χ2n) is 10.00. The van der Waals surface area contributed by atoms with Gasteiger partial charge in [0.25, 0.3) is 5.91 Å². The van der Waals surface area contributed by atoms with Gasteiger partial charge in [-0.25, -0.2) is 4.79 Å². The summed E-state index contributed by atoms with van der Waals surface area (Å²) in [5, 5.41) is 1.35. The van der Waals surface area contributed by atoms with Gasteiger partial charge in [0.05, 0.1) is 16.6 Å². The summed E-state index contributed by atoms with van der Waals surface area (Å²) in [4.78, 5) is 42.8. The summed E-state index contributed by atoms with van der Waals surface area (Å²) in [6, 6.07) is 13.0. The van der Waals surface area contributed by atoms with E-state index in [0.29, 0.717) is 42.1 Å². The van der Waals surface area contributed by atoms with Crippen LogP contribution in [0.15, 0.2) is 48.7 Å². The average molecular weight is 506 g/mol. The molecule has 7 nitrogen and oxygen atoms in total. The Morgan fingerprint density at radius 3 is 2.47 bits per heavy atom. The second-order valence-corrected chi connectivity index (χ2v) is 10.4. The normalized spacial score (nSPS) is 19.0. The maximum Gasteiger partial charge on any atom is 0.339 e. The highest BCUT2D eigenvalue weighted by atomic mass is 35.5. The van der Waals surface area contributed by atoms with Crippen LogP contribution in [-0.2, 0) is 21.7 Å². The predicted molar refractivity (Wildman–Crippen MR) is 136 cm³/mol. The lowest BCUT2D eigenvalue weighted by Crippen LogP contribution is -2.45. The van der Waals surface area contributed by atoms with Gasteiger partial charge in [0.1, 0.15) is 12.1 Å². The fourth-order valence-electron chi connectivity index (χ4n) is 5.91. The van der Waals surface area contributed by atoms with E-state index in [0.717, 1.165) is 48.8 Å². The molecule has 0 bridgehead atoms. The zero-order chi connectivity index (χ0) is 24.9. The number of amides is 2. The maximum atomic E-state index is 13.7. The third-order valence-corrected chi connectivity index (χ3v) is 8.11. The monoisotopic (exact) mass is 505 g/mol. The van der Waals surface area contributed by atoms with Crippen LogP contribution in [0, 0.1) is 0 Å². The lowest BCUT2D eigenvalue weighted by molar-refractivity contribution is -0.132. The molecule has 8 heteroatoms. The zero-order valence-corrected chi connectivity index (χ0v) is 20.8. The highest BCUT2D eigenvalue weighted by Gasteiger charge is 2.47. The Hall–Kier alpha value is -3.32. The van der Waals surface area contributed by atoms with Crippen molar-refractivity contribution in [3.63, 3.8) is 0 Å². The van der Waals surface area contributed by atoms with Crippen LogP contribution in [0.1, 0.15) is 58.4 Å². The number of fused-ring (bicyclic) bond motifs is 3. The van der Waals surface area contributed by atoms with Crippen LogP contribution < -0.4 is 0 Å². The summed E-state index contributed by atoms with van der Waals surface area (Å²) in [6.45, 7) is 2.71. The number of carbonyl (C=O) groups excluding carboxylic acids is 3. The molecule has 3 aliphatic rings. The highest BCUT2D eigenvalue weighted by Crippen LogP contribution is 2.44. The van der Waals surface area contributed by atoms with Crippen LogP contribution in [0.25, 0.3) is 10.9 Å². The van der Waals surface area contributed by atoms with Gasteiger partial charge < -0.3 is 19.1 Å². The third kappa shape index (κ3) is 3.86. The third-order valence-electron chi connectivity index (χ3n) is 7.87. The molecule has 2 fully saturated rings. The number of nitrogens with zero attached hydrogens (tertiary/aromatic N) is 3. The first-order chi connectivity index (χ1) is 17.4. The number of halogens is 1. The number of benzene rings is 2. The molecule has 1 aromatic heterocycles. The first-order valence-corrected chi connectivity index (χ1v) is 13.0. The molecule has 36 heavy (non-hydrogen) atoms. The van der Waals surface area contributed by atoms with Gasteiger partial charge in [-0.2, -0.15) is 0 Å². The van der Waals surface area contributed by atoms with E-state index < -0.39 is 5.60 Å². The number of rotatable bonds is 3. The minimum Gasteiger partial charge on any atom is -0.450 e. The van der Waals surface area contributed by atoms with Gasteiger partial charge >= 0.3 is 5.97 Å². The number of esters is 1. The van der Waals surface area contributed by atoms with Crippen LogP contribution in [0.3, 0.4) is 0 Å². The standard InChI is InChI=1S/C28H28ClN3O4/c29-19-8-9-20-22(17-32(24(20)16-19)18-25(33)30-12-4-1-5-13-30)26(34)31-14-10-28(11-15-31)23-7-3-2-6-21(23)27(35)36-28/h2-3,6-9,16-17H,1,4-5,10-15,18H2. The molecule has 4 heterocycles. The van der Waals surface area contributed by atoms with E-state index in [-0.39, 0.29) is 24.3 Å². The van der Waals surface area contributed by atoms with E-state index in [1.54, 1.807) is 18.3 Å². The molecule has 1 spiro atoms.